The first-order valence-corrected chi connectivity index (χ1v) is 5.86. The van der Waals surface area contributed by atoms with Crippen molar-refractivity contribution in [2.75, 3.05) is 6.61 Å². The van der Waals surface area contributed by atoms with E-state index in [2.05, 4.69) is 0 Å². The molecule has 0 aliphatic heterocycles. The van der Waals surface area contributed by atoms with Crippen LogP contribution in [0.3, 0.4) is 0 Å². The van der Waals surface area contributed by atoms with E-state index < -0.39 is 12.0 Å². The molecule has 1 aliphatic carbocycles. The molecule has 5 heteroatoms. The molecule has 0 unspecified atom stereocenters. The maximum absolute atomic E-state index is 10.7. The predicted octanol–water partition coefficient (Wildman–Crippen LogP) is 1.85. The molecule has 4 nitrogen and oxygen atoms in total. The van der Waals surface area contributed by atoms with Crippen LogP contribution in [0, 0.1) is 5.92 Å². The third kappa shape index (κ3) is 4.20. The zero-order chi connectivity index (χ0) is 12.3. The molecule has 0 radical (unpaired) electrons. The van der Waals surface area contributed by atoms with Crippen LogP contribution < -0.4 is 10.5 Å². The fraction of sp³-hybridized carbons (Fsp3) is 0.462. The minimum absolute atomic E-state index is 0. The molecule has 100 valence electrons. The van der Waals surface area contributed by atoms with Crippen LogP contribution in [-0.4, -0.2) is 23.7 Å². The molecule has 1 aliphatic rings. The maximum atomic E-state index is 10.7. The number of hydrogen-bond donors (Lipinski definition) is 2. The summed E-state index contributed by atoms with van der Waals surface area (Å²) in [7, 11) is 0. The number of nitrogens with two attached hydrogens (primary N) is 1. The summed E-state index contributed by atoms with van der Waals surface area (Å²) in [4.78, 5) is 10.7. The number of rotatable bonds is 6. The number of carbonyl (C=O) groups is 1. The van der Waals surface area contributed by atoms with Gasteiger partial charge in [-0.2, -0.15) is 0 Å². The van der Waals surface area contributed by atoms with Gasteiger partial charge in [0.05, 0.1) is 6.61 Å². The number of hydrogen-bond acceptors (Lipinski definition) is 3. The molecule has 3 N–H and O–H groups in total. The van der Waals surface area contributed by atoms with E-state index in [0.29, 0.717) is 12.3 Å². The van der Waals surface area contributed by atoms with Crippen LogP contribution in [0.1, 0.15) is 18.4 Å². The standard InChI is InChI=1S/C13H17NO3.ClH/c14-11(13(15)16)7-10-3-1-2-4-12(10)17-8-9-5-6-9;/h1-4,9,11H,5-8,14H2,(H,15,16);1H/t11-;/m0./s1. The van der Waals surface area contributed by atoms with Crippen LogP contribution in [-0.2, 0) is 11.2 Å². The quantitative estimate of drug-likeness (QED) is 0.828. The summed E-state index contributed by atoms with van der Waals surface area (Å²) in [5.74, 6) is 0.453. The van der Waals surface area contributed by atoms with Crippen molar-refractivity contribution in [2.45, 2.75) is 25.3 Å². The first kappa shape index (κ1) is 14.8. The molecule has 0 aromatic heterocycles. The van der Waals surface area contributed by atoms with Crippen molar-refractivity contribution >= 4 is 18.4 Å². The van der Waals surface area contributed by atoms with Crippen LogP contribution in [0.4, 0.5) is 0 Å². The van der Waals surface area contributed by atoms with E-state index >= 15 is 0 Å². The highest BCUT2D eigenvalue weighted by Gasteiger charge is 2.22. The Morgan fingerprint density at radius 1 is 1.44 bits per heavy atom. The Hall–Kier alpha value is -1.26. The molecule has 0 saturated heterocycles. The molecule has 1 aromatic rings. The summed E-state index contributed by atoms with van der Waals surface area (Å²) in [5.41, 5.74) is 6.39. The van der Waals surface area contributed by atoms with Gasteiger partial charge in [0.15, 0.2) is 0 Å². The molecule has 0 amide bonds. The van der Waals surface area contributed by atoms with Gasteiger partial charge in [-0.1, -0.05) is 18.2 Å². The fourth-order valence-electron chi connectivity index (χ4n) is 1.63. The van der Waals surface area contributed by atoms with Crippen LogP contribution in [0.2, 0.25) is 0 Å². The van der Waals surface area contributed by atoms with Gasteiger partial charge in [0.1, 0.15) is 11.8 Å². The molecule has 0 heterocycles. The summed E-state index contributed by atoms with van der Waals surface area (Å²) >= 11 is 0. The highest BCUT2D eigenvalue weighted by atomic mass is 35.5. The van der Waals surface area contributed by atoms with Gasteiger partial charge in [0.25, 0.3) is 0 Å². The number of halogens is 1. The topological polar surface area (TPSA) is 72.5 Å². The average Bonchev–Trinajstić information content (AvgIpc) is 3.11. The molecule has 18 heavy (non-hydrogen) atoms. The van der Waals surface area contributed by atoms with Gasteiger partial charge in [0.2, 0.25) is 0 Å². The number of carboxylic acids is 1. The summed E-state index contributed by atoms with van der Waals surface area (Å²) in [5, 5.41) is 8.80. The number of aliphatic carboxylic acids is 1. The molecule has 1 saturated carbocycles. The highest BCUT2D eigenvalue weighted by Crippen LogP contribution is 2.30. The Balaban J connectivity index is 0.00000162. The lowest BCUT2D eigenvalue weighted by Gasteiger charge is -2.12. The average molecular weight is 272 g/mol. The van der Waals surface area contributed by atoms with E-state index in [9.17, 15) is 4.79 Å². The Morgan fingerprint density at radius 2 is 2.11 bits per heavy atom. The third-order valence-electron chi connectivity index (χ3n) is 2.90. The molecule has 0 bridgehead atoms. The van der Waals surface area contributed by atoms with Crippen LogP contribution in [0.15, 0.2) is 24.3 Å². The Bertz CT molecular complexity index is 407. The van der Waals surface area contributed by atoms with Gasteiger partial charge < -0.3 is 15.6 Å². The first-order chi connectivity index (χ1) is 8.16. The number of carboxylic acid groups (broad SMARTS) is 1. The van der Waals surface area contributed by atoms with Crippen molar-refractivity contribution in [1.29, 1.82) is 0 Å². The van der Waals surface area contributed by atoms with Crippen molar-refractivity contribution in [3.63, 3.8) is 0 Å². The van der Waals surface area contributed by atoms with Crippen molar-refractivity contribution in [3.8, 4) is 5.75 Å². The lowest BCUT2D eigenvalue weighted by atomic mass is 10.1. The lowest BCUT2D eigenvalue weighted by molar-refractivity contribution is -0.138. The van der Waals surface area contributed by atoms with Gasteiger partial charge in [-0.05, 0) is 30.4 Å². The van der Waals surface area contributed by atoms with Crippen LogP contribution >= 0.6 is 12.4 Å². The second-order valence-electron chi connectivity index (χ2n) is 4.51. The van der Waals surface area contributed by atoms with Gasteiger partial charge in [-0.15, -0.1) is 12.4 Å². The van der Waals surface area contributed by atoms with Crippen molar-refractivity contribution in [3.05, 3.63) is 29.8 Å². The molecule has 1 fully saturated rings. The van der Waals surface area contributed by atoms with E-state index in [1.54, 1.807) is 0 Å². The summed E-state index contributed by atoms with van der Waals surface area (Å²) in [6.45, 7) is 0.722. The summed E-state index contributed by atoms with van der Waals surface area (Å²) in [6.07, 6.45) is 2.77. The van der Waals surface area contributed by atoms with E-state index in [4.69, 9.17) is 15.6 Å². The largest absolute Gasteiger partial charge is 0.493 e. The first-order valence-electron chi connectivity index (χ1n) is 5.86. The minimum atomic E-state index is -0.984. The molecular weight excluding hydrogens is 254 g/mol. The van der Waals surface area contributed by atoms with Crippen molar-refractivity contribution < 1.29 is 14.6 Å². The smallest absolute Gasteiger partial charge is 0.320 e. The second-order valence-corrected chi connectivity index (χ2v) is 4.51. The second kappa shape index (κ2) is 6.61. The number of para-hydroxylation sites is 1. The maximum Gasteiger partial charge on any atom is 0.320 e. The van der Waals surface area contributed by atoms with Gasteiger partial charge in [-0.3, -0.25) is 4.79 Å². The summed E-state index contributed by atoms with van der Waals surface area (Å²) < 4.78 is 5.69. The molecule has 1 atom stereocenters. The van der Waals surface area contributed by atoms with E-state index in [1.165, 1.54) is 12.8 Å². The van der Waals surface area contributed by atoms with Gasteiger partial charge >= 0.3 is 5.97 Å². The number of benzene rings is 1. The normalized spacial score (nSPS) is 15.6. The van der Waals surface area contributed by atoms with Gasteiger partial charge in [-0.25, -0.2) is 0 Å². The highest BCUT2D eigenvalue weighted by molar-refractivity contribution is 5.85. The third-order valence-corrected chi connectivity index (χ3v) is 2.90. The predicted molar refractivity (Wildman–Crippen MR) is 71.2 cm³/mol. The fourth-order valence-corrected chi connectivity index (χ4v) is 1.63. The van der Waals surface area contributed by atoms with E-state index in [0.717, 1.165) is 17.9 Å². The lowest BCUT2D eigenvalue weighted by Crippen LogP contribution is -2.32. The summed E-state index contributed by atoms with van der Waals surface area (Å²) in [6, 6.07) is 6.61. The molecule has 2 rings (SSSR count). The Kier molecular flexibility index (Phi) is 5.44. The van der Waals surface area contributed by atoms with Crippen molar-refractivity contribution in [1.82, 2.24) is 0 Å². The zero-order valence-corrected chi connectivity index (χ0v) is 10.9. The monoisotopic (exact) mass is 271 g/mol. The van der Waals surface area contributed by atoms with Crippen LogP contribution in [0.5, 0.6) is 5.75 Å². The van der Waals surface area contributed by atoms with Crippen LogP contribution in [0.25, 0.3) is 0 Å². The van der Waals surface area contributed by atoms with E-state index in [1.807, 2.05) is 24.3 Å². The minimum Gasteiger partial charge on any atom is -0.493 e. The van der Waals surface area contributed by atoms with E-state index in [-0.39, 0.29) is 12.4 Å². The zero-order valence-electron chi connectivity index (χ0n) is 10.0. The van der Waals surface area contributed by atoms with Crippen molar-refractivity contribution in [2.24, 2.45) is 11.7 Å². The molecule has 1 aromatic carbocycles. The molecule has 0 spiro atoms. The number of ether oxygens (including phenoxy) is 1. The Morgan fingerprint density at radius 3 is 2.72 bits per heavy atom. The molecular formula is C13H18ClNO3. The Labute approximate surface area is 113 Å². The van der Waals surface area contributed by atoms with Gasteiger partial charge in [0, 0.05) is 6.42 Å². The SMILES string of the molecule is Cl.N[C@@H](Cc1ccccc1OCC1CC1)C(=O)O.